The van der Waals surface area contributed by atoms with Gasteiger partial charge in [0.1, 0.15) is 29.7 Å². The summed E-state index contributed by atoms with van der Waals surface area (Å²) >= 11 is 0. The topological polar surface area (TPSA) is 292 Å². The third-order valence-corrected chi connectivity index (χ3v) is 12.9. The highest BCUT2D eigenvalue weighted by molar-refractivity contribution is 6.10. The van der Waals surface area contributed by atoms with E-state index in [1.54, 1.807) is 6.20 Å². The molecule has 67 heavy (non-hydrogen) atoms. The van der Waals surface area contributed by atoms with Gasteiger partial charge in [0.05, 0.1) is 12.5 Å². The van der Waals surface area contributed by atoms with Gasteiger partial charge in [0, 0.05) is 43.0 Å². The van der Waals surface area contributed by atoms with Crippen LogP contribution in [0, 0.1) is 0 Å². The molecule has 2 aliphatic heterocycles. The highest BCUT2D eigenvalue weighted by atomic mass is 16.2. The molecular weight excluding hydrogens is 859 g/mol. The van der Waals surface area contributed by atoms with E-state index in [2.05, 4.69) is 41.9 Å². The molecule has 11 N–H and O–H groups in total. The molecule has 4 aromatic rings. The van der Waals surface area contributed by atoms with Crippen molar-refractivity contribution in [2.45, 2.75) is 120 Å². The molecule has 7 rings (SSSR count). The number of H-pyrrole nitrogens is 1. The average molecular weight is 918 g/mol. The van der Waals surface area contributed by atoms with Crippen LogP contribution in [0.1, 0.15) is 82.3 Å². The minimum absolute atomic E-state index is 0.00300. The summed E-state index contributed by atoms with van der Waals surface area (Å²) in [6.45, 7) is 1.65. The van der Waals surface area contributed by atoms with Crippen molar-refractivity contribution in [3.63, 3.8) is 0 Å². The van der Waals surface area contributed by atoms with Crippen LogP contribution in [-0.4, -0.2) is 112 Å². The summed E-state index contributed by atoms with van der Waals surface area (Å²) in [7, 11) is 0. The van der Waals surface area contributed by atoms with Crippen molar-refractivity contribution in [3.8, 4) is 0 Å². The largest absolute Gasteiger partial charge is 0.370 e. The molecule has 2 bridgehead atoms. The molecule has 3 fully saturated rings. The van der Waals surface area contributed by atoms with E-state index in [4.69, 9.17) is 11.5 Å². The van der Waals surface area contributed by atoms with E-state index in [-0.39, 0.29) is 76.2 Å². The zero-order valence-corrected chi connectivity index (χ0v) is 37.5. The predicted molar refractivity (Wildman–Crippen MR) is 250 cm³/mol. The molecule has 19 heteroatoms. The number of nitrogens with zero attached hydrogens (tertiary/aromatic N) is 2. The highest BCUT2D eigenvalue weighted by Crippen LogP contribution is 2.38. The number of nitrogens with one attached hydrogen (secondary N) is 7. The molecule has 0 radical (unpaired) electrons. The molecule has 5 atom stereocenters. The van der Waals surface area contributed by atoms with Crippen molar-refractivity contribution in [1.29, 1.82) is 0 Å². The monoisotopic (exact) mass is 917 g/mol. The lowest BCUT2D eigenvalue weighted by molar-refractivity contribution is -0.144. The Morgan fingerprint density at radius 1 is 0.761 bits per heavy atom. The van der Waals surface area contributed by atoms with Crippen LogP contribution in [0.5, 0.6) is 0 Å². The van der Waals surface area contributed by atoms with Gasteiger partial charge in [-0.05, 0) is 79.8 Å². The first-order chi connectivity index (χ1) is 32.2. The van der Waals surface area contributed by atoms with Crippen LogP contribution in [0.15, 0.2) is 77.9 Å². The van der Waals surface area contributed by atoms with E-state index in [0.717, 1.165) is 26.6 Å². The van der Waals surface area contributed by atoms with E-state index >= 15 is 0 Å². The van der Waals surface area contributed by atoms with Gasteiger partial charge < -0.3 is 48.4 Å². The number of nitrogens with two attached hydrogens (primary N) is 2. The second-order valence-corrected chi connectivity index (χ2v) is 17.7. The number of carbonyl (C=O) groups is 8. The van der Waals surface area contributed by atoms with Gasteiger partial charge in [0.2, 0.25) is 29.5 Å². The number of ketones is 1. The van der Waals surface area contributed by atoms with E-state index in [0.29, 0.717) is 36.8 Å². The quantitative estimate of drug-likeness (QED) is 0.0506. The molecule has 0 unspecified atom stereocenters. The number of aliphatic imine (C=N–C) groups is 1. The van der Waals surface area contributed by atoms with Crippen LogP contribution < -0.4 is 43.4 Å². The number of hydrogen-bond donors (Lipinski definition) is 9. The third-order valence-electron chi connectivity index (χ3n) is 12.9. The third kappa shape index (κ3) is 11.4. The van der Waals surface area contributed by atoms with Crippen LogP contribution in [-0.2, 0) is 46.4 Å². The zero-order valence-electron chi connectivity index (χ0n) is 37.5. The summed E-state index contributed by atoms with van der Waals surface area (Å²) in [4.78, 5) is 120. The van der Waals surface area contributed by atoms with Crippen LogP contribution in [0.3, 0.4) is 0 Å². The Bertz CT molecular complexity index is 2560. The van der Waals surface area contributed by atoms with Gasteiger partial charge in [0.25, 0.3) is 5.91 Å². The number of carbonyl (C=O) groups excluding carboxylic acids is 8. The fourth-order valence-electron chi connectivity index (χ4n) is 9.35. The van der Waals surface area contributed by atoms with Gasteiger partial charge in [-0.25, -0.2) is 9.69 Å². The van der Waals surface area contributed by atoms with Crippen molar-refractivity contribution in [3.05, 3.63) is 84.1 Å². The van der Waals surface area contributed by atoms with Crippen LogP contribution in [0.2, 0.25) is 0 Å². The lowest BCUT2D eigenvalue weighted by Gasteiger charge is -2.36. The Labute approximate surface area is 387 Å². The van der Waals surface area contributed by atoms with Crippen molar-refractivity contribution in [2.75, 3.05) is 13.1 Å². The fraction of sp³-hybridized carbons (Fsp3) is 0.438. The zero-order chi connectivity index (χ0) is 47.7. The number of amides is 8. The number of hydrogen-bond acceptors (Lipinski definition) is 9. The second kappa shape index (κ2) is 21.3. The number of aromatic amines is 1. The van der Waals surface area contributed by atoms with Gasteiger partial charge in [-0.2, -0.15) is 0 Å². The van der Waals surface area contributed by atoms with E-state index in [1.165, 1.54) is 6.92 Å². The van der Waals surface area contributed by atoms with Crippen LogP contribution in [0.4, 0.5) is 4.79 Å². The van der Waals surface area contributed by atoms with E-state index < -0.39 is 77.2 Å². The standard InChI is InChI=1S/C48H59N11O8/c1-28(60)34-14-6-9-21-51-40(61)26-39-44(65)59(47(67)58-39)48(19-7-8-20-48)45(66)57-37(24-29-17-18-30-11-2-3-12-31(30)23-29)42(63)55-36(16-10-22-52-46(49)50)41(62)56-38(43(64)54-34)25-32-27-53-35-15-5-4-13-33(32)35/h2-5,11-13,15,17-18,23,27,34,36-39,53H,6-10,14,16,19-22,24-26H2,1H3,(H,51,61)(H,54,64)(H,55,63)(H,56,62)(H,57,66)(H,58,67)(H4,49,50,52)/t34-,36-,37+,38-,39-/m0/s1. The molecule has 1 saturated carbocycles. The molecule has 1 aliphatic carbocycles. The minimum atomic E-state index is -1.67. The van der Waals surface area contributed by atoms with Gasteiger partial charge in [-0.1, -0.05) is 73.5 Å². The van der Waals surface area contributed by atoms with Gasteiger partial charge in [0.15, 0.2) is 11.7 Å². The Hall–Kier alpha value is -7.31. The summed E-state index contributed by atoms with van der Waals surface area (Å²) in [5.74, 6) is -4.55. The molecule has 19 nitrogen and oxygen atoms in total. The minimum Gasteiger partial charge on any atom is -0.370 e. The summed E-state index contributed by atoms with van der Waals surface area (Å²) < 4.78 is 0. The van der Waals surface area contributed by atoms with Gasteiger partial charge in [-0.15, -0.1) is 0 Å². The van der Waals surface area contributed by atoms with Crippen molar-refractivity contribution in [1.82, 2.24) is 41.8 Å². The van der Waals surface area contributed by atoms with E-state index in [1.807, 2.05) is 66.7 Å². The lowest BCUT2D eigenvalue weighted by atomic mass is 9.92. The number of rotatable bonds is 9. The first-order valence-corrected chi connectivity index (χ1v) is 22.9. The molecular formula is C48H59N11O8. The van der Waals surface area contributed by atoms with Crippen LogP contribution >= 0.6 is 0 Å². The fourth-order valence-corrected chi connectivity index (χ4v) is 9.35. The number of Topliss-reactive ketones (excluding diaryl/α,β-unsaturated/α-hetero) is 1. The van der Waals surface area contributed by atoms with E-state index in [9.17, 15) is 38.4 Å². The Kier molecular flexibility index (Phi) is 15.2. The summed E-state index contributed by atoms with van der Waals surface area (Å²) in [6.07, 6.45) is 3.87. The maximum absolute atomic E-state index is 14.8. The number of urea groups is 1. The molecule has 1 spiro atoms. The first kappa shape index (κ1) is 47.6. The number of fused-ring (bicyclic) bond motifs is 5. The van der Waals surface area contributed by atoms with Crippen molar-refractivity contribution >= 4 is 74.9 Å². The second-order valence-electron chi connectivity index (χ2n) is 17.7. The number of imide groups is 1. The number of guanidine groups is 1. The summed E-state index contributed by atoms with van der Waals surface area (Å²) in [6, 6.07) is 13.9. The molecule has 2 saturated heterocycles. The molecule has 3 aromatic carbocycles. The SMILES string of the molecule is CC(=O)[C@@H]1CCCCNC(=O)C[C@@H]2NC(=O)N(C2=O)C2(CCCC2)C(=O)N[C@H](Cc2ccc3ccccc3c2)C(=O)N[C@@H](CCCN=C(N)N)C(=O)N[C@@H](Cc2c[nH]c3ccccc23)C(=O)N1. The predicted octanol–water partition coefficient (Wildman–Crippen LogP) is 1.61. The number of para-hydroxylation sites is 1. The normalized spacial score (nSPS) is 23.5. The Balaban J connectivity index is 1.26. The summed E-state index contributed by atoms with van der Waals surface area (Å²) in [5, 5.41) is 19.4. The molecule has 3 aliphatic rings. The maximum Gasteiger partial charge on any atom is 0.325 e. The van der Waals surface area contributed by atoms with Crippen LogP contribution in [0.25, 0.3) is 21.7 Å². The number of benzene rings is 3. The smallest absolute Gasteiger partial charge is 0.325 e. The Morgan fingerprint density at radius 3 is 2.21 bits per heavy atom. The molecule has 3 heterocycles. The van der Waals surface area contributed by atoms with Crippen molar-refractivity contribution < 1.29 is 38.4 Å². The average Bonchev–Trinajstić information content (AvgIpc) is 4.03. The number of aromatic nitrogens is 1. The van der Waals surface area contributed by atoms with Crippen molar-refractivity contribution in [2.24, 2.45) is 16.5 Å². The highest BCUT2D eigenvalue weighted by Gasteiger charge is 2.56. The summed E-state index contributed by atoms with van der Waals surface area (Å²) in [5.41, 5.74) is 11.7. The molecule has 8 amide bonds. The lowest BCUT2D eigenvalue weighted by Crippen LogP contribution is -2.63. The maximum atomic E-state index is 14.8. The van der Waals surface area contributed by atoms with Gasteiger partial charge >= 0.3 is 6.03 Å². The molecule has 354 valence electrons. The molecule has 1 aromatic heterocycles. The first-order valence-electron chi connectivity index (χ1n) is 22.9. The Morgan fingerprint density at radius 2 is 1.45 bits per heavy atom. The van der Waals surface area contributed by atoms with Gasteiger partial charge in [-0.3, -0.25) is 38.6 Å².